The highest BCUT2D eigenvalue weighted by Gasteiger charge is 2.35. The Kier molecular flexibility index (Phi) is 8.20. The van der Waals surface area contributed by atoms with Gasteiger partial charge < -0.3 is 10.6 Å². The van der Waals surface area contributed by atoms with Crippen LogP contribution < -0.4 is 10.6 Å². The number of carbonyl (C=O) groups excluding carboxylic acids is 2. The summed E-state index contributed by atoms with van der Waals surface area (Å²) in [5.74, 6) is -1.86. The lowest BCUT2D eigenvalue weighted by Crippen LogP contribution is -2.53. The molecule has 1 saturated heterocycles. The Labute approximate surface area is 194 Å². The van der Waals surface area contributed by atoms with Crippen LogP contribution in [0.3, 0.4) is 0 Å². The molecule has 7 nitrogen and oxygen atoms in total. The van der Waals surface area contributed by atoms with Crippen molar-refractivity contribution in [2.75, 3.05) is 13.1 Å². The van der Waals surface area contributed by atoms with Gasteiger partial charge in [0.05, 0.1) is 10.8 Å². The Morgan fingerprint density at radius 1 is 1.09 bits per heavy atom. The third kappa shape index (κ3) is 6.39. The first-order valence-corrected chi connectivity index (χ1v) is 12.5. The zero-order valence-corrected chi connectivity index (χ0v) is 19.6. The summed E-state index contributed by atoms with van der Waals surface area (Å²) in [7, 11) is -3.84. The zero-order valence-electron chi connectivity index (χ0n) is 18.8. The van der Waals surface area contributed by atoms with E-state index in [-0.39, 0.29) is 35.7 Å². The van der Waals surface area contributed by atoms with Gasteiger partial charge in [-0.05, 0) is 48.6 Å². The summed E-state index contributed by atoms with van der Waals surface area (Å²) in [6.45, 7) is 4.35. The Balaban J connectivity index is 1.63. The van der Waals surface area contributed by atoms with Crippen molar-refractivity contribution in [3.8, 4) is 0 Å². The molecule has 0 spiro atoms. The molecule has 0 radical (unpaired) electrons. The standard InChI is InChI=1S/C24H30FN3O4S/c1-17(2)22(24(30)26-15-18-7-4-3-5-8-18)27-23(29)19-9-6-14-28(16-19)33(31,32)21-12-10-20(25)11-13-21/h3-5,7-8,10-13,17,19,22H,6,9,14-16H2,1-2H3,(H,26,30)(H,27,29). The molecule has 0 bridgehead atoms. The quantitative estimate of drug-likeness (QED) is 0.614. The maximum absolute atomic E-state index is 13.2. The monoisotopic (exact) mass is 475 g/mol. The van der Waals surface area contributed by atoms with Gasteiger partial charge in [0.1, 0.15) is 11.9 Å². The number of amides is 2. The second-order valence-electron chi connectivity index (χ2n) is 8.59. The number of carbonyl (C=O) groups is 2. The summed E-state index contributed by atoms with van der Waals surface area (Å²) in [5, 5.41) is 5.68. The summed E-state index contributed by atoms with van der Waals surface area (Å²) < 4.78 is 40.3. The molecular formula is C24H30FN3O4S. The van der Waals surface area contributed by atoms with Crippen molar-refractivity contribution in [2.45, 2.75) is 44.2 Å². The van der Waals surface area contributed by atoms with E-state index in [4.69, 9.17) is 0 Å². The molecular weight excluding hydrogens is 445 g/mol. The minimum atomic E-state index is -3.84. The van der Waals surface area contributed by atoms with E-state index in [0.29, 0.717) is 19.4 Å². The summed E-state index contributed by atoms with van der Waals surface area (Å²) in [6, 6.07) is 13.4. The number of rotatable bonds is 8. The molecule has 2 amide bonds. The van der Waals surface area contributed by atoms with E-state index in [0.717, 1.165) is 17.7 Å². The third-order valence-electron chi connectivity index (χ3n) is 5.76. The van der Waals surface area contributed by atoms with Crippen LogP contribution in [0.15, 0.2) is 59.5 Å². The van der Waals surface area contributed by atoms with Gasteiger partial charge in [-0.3, -0.25) is 9.59 Å². The van der Waals surface area contributed by atoms with Crippen LogP contribution in [0.2, 0.25) is 0 Å². The van der Waals surface area contributed by atoms with Gasteiger partial charge in [-0.25, -0.2) is 12.8 Å². The van der Waals surface area contributed by atoms with E-state index >= 15 is 0 Å². The maximum atomic E-state index is 13.2. The molecule has 2 atom stereocenters. The Bertz CT molecular complexity index is 1060. The lowest BCUT2D eigenvalue weighted by molar-refractivity contribution is -0.132. The van der Waals surface area contributed by atoms with Crippen molar-refractivity contribution in [1.82, 2.24) is 14.9 Å². The highest BCUT2D eigenvalue weighted by atomic mass is 32.2. The lowest BCUT2D eigenvalue weighted by Gasteiger charge is -2.32. The minimum Gasteiger partial charge on any atom is -0.350 e. The zero-order chi connectivity index (χ0) is 24.0. The molecule has 2 N–H and O–H groups in total. The molecule has 178 valence electrons. The molecule has 1 aliphatic heterocycles. The van der Waals surface area contributed by atoms with Gasteiger partial charge in [0.25, 0.3) is 0 Å². The first-order chi connectivity index (χ1) is 15.7. The van der Waals surface area contributed by atoms with Crippen molar-refractivity contribution in [3.63, 3.8) is 0 Å². The first kappa shape index (κ1) is 24.9. The van der Waals surface area contributed by atoms with Gasteiger partial charge in [-0.1, -0.05) is 44.2 Å². The normalized spacial score (nSPS) is 18.0. The van der Waals surface area contributed by atoms with Crippen LogP contribution in [0.5, 0.6) is 0 Å². The average Bonchev–Trinajstić information content (AvgIpc) is 2.81. The molecule has 2 aromatic carbocycles. The largest absolute Gasteiger partial charge is 0.350 e. The van der Waals surface area contributed by atoms with Crippen molar-refractivity contribution in [1.29, 1.82) is 0 Å². The van der Waals surface area contributed by atoms with Gasteiger partial charge in [0.15, 0.2) is 0 Å². The van der Waals surface area contributed by atoms with E-state index in [1.165, 1.54) is 16.4 Å². The summed E-state index contributed by atoms with van der Waals surface area (Å²) in [4.78, 5) is 25.7. The Morgan fingerprint density at radius 3 is 2.39 bits per heavy atom. The Hall–Kier alpha value is -2.78. The number of sulfonamides is 1. The predicted molar refractivity (Wildman–Crippen MR) is 123 cm³/mol. The van der Waals surface area contributed by atoms with Crippen LogP contribution >= 0.6 is 0 Å². The number of nitrogens with zero attached hydrogens (tertiary/aromatic N) is 1. The van der Waals surface area contributed by atoms with Gasteiger partial charge in [0.2, 0.25) is 21.8 Å². The molecule has 1 heterocycles. The fourth-order valence-corrected chi connectivity index (χ4v) is 5.36. The smallest absolute Gasteiger partial charge is 0.243 e. The summed E-state index contributed by atoms with van der Waals surface area (Å²) in [6.07, 6.45) is 1.04. The Morgan fingerprint density at radius 2 is 1.76 bits per heavy atom. The number of nitrogens with one attached hydrogen (secondary N) is 2. The molecule has 9 heteroatoms. The van der Waals surface area contributed by atoms with Crippen LogP contribution in [0.1, 0.15) is 32.3 Å². The van der Waals surface area contributed by atoms with Gasteiger partial charge >= 0.3 is 0 Å². The number of piperidine rings is 1. The van der Waals surface area contributed by atoms with E-state index in [2.05, 4.69) is 10.6 Å². The minimum absolute atomic E-state index is 0.00898. The number of halogens is 1. The van der Waals surface area contributed by atoms with Crippen LogP contribution in [0.25, 0.3) is 0 Å². The summed E-state index contributed by atoms with van der Waals surface area (Å²) in [5.41, 5.74) is 0.952. The second-order valence-corrected chi connectivity index (χ2v) is 10.5. The summed E-state index contributed by atoms with van der Waals surface area (Å²) >= 11 is 0. The number of hydrogen-bond donors (Lipinski definition) is 2. The predicted octanol–water partition coefficient (Wildman–Crippen LogP) is 2.68. The molecule has 3 rings (SSSR count). The molecule has 1 fully saturated rings. The van der Waals surface area contributed by atoms with Crippen molar-refractivity contribution < 1.29 is 22.4 Å². The molecule has 2 aromatic rings. The van der Waals surface area contributed by atoms with Crippen molar-refractivity contribution in [3.05, 3.63) is 66.0 Å². The third-order valence-corrected chi connectivity index (χ3v) is 7.64. The van der Waals surface area contributed by atoms with E-state index in [1.54, 1.807) is 0 Å². The molecule has 2 unspecified atom stereocenters. The number of benzene rings is 2. The van der Waals surface area contributed by atoms with Crippen LogP contribution in [0.4, 0.5) is 4.39 Å². The van der Waals surface area contributed by atoms with Crippen LogP contribution in [-0.4, -0.2) is 43.7 Å². The topological polar surface area (TPSA) is 95.6 Å². The van der Waals surface area contributed by atoms with Gasteiger partial charge in [-0.15, -0.1) is 0 Å². The molecule has 0 saturated carbocycles. The fraction of sp³-hybridized carbons (Fsp3) is 0.417. The van der Waals surface area contributed by atoms with Gasteiger partial charge in [0, 0.05) is 19.6 Å². The van der Waals surface area contributed by atoms with Gasteiger partial charge in [-0.2, -0.15) is 4.31 Å². The van der Waals surface area contributed by atoms with Crippen LogP contribution in [0, 0.1) is 17.7 Å². The molecule has 33 heavy (non-hydrogen) atoms. The lowest BCUT2D eigenvalue weighted by atomic mass is 9.96. The SMILES string of the molecule is CC(C)C(NC(=O)C1CCCN(S(=O)(=O)c2ccc(F)cc2)C1)C(=O)NCc1ccccc1. The molecule has 1 aliphatic rings. The maximum Gasteiger partial charge on any atom is 0.243 e. The van der Waals surface area contributed by atoms with E-state index in [1.807, 2.05) is 44.2 Å². The highest BCUT2D eigenvalue weighted by molar-refractivity contribution is 7.89. The molecule has 0 aliphatic carbocycles. The van der Waals surface area contributed by atoms with Crippen LogP contribution in [-0.2, 0) is 26.2 Å². The van der Waals surface area contributed by atoms with E-state index < -0.39 is 27.8 Å². The first-order valence-electron chi connectivity index (χ1n) is 11.1. The van der Waals surface area contributed by atoms with E-state index in [9.17, 15) is 22.4 Å². The molecule has 0 aromatic heterocycles. The number of hydrogen-bond acceptors (Lipinski definition) is 4. The highest BCUT2D eigenvalue weighted by Crippen LogP contribution is 2.24. The van der Waals surface area contributed by atoms with Crippen molar-refractivity contribution in [2.24, 2.45) is 11.8 Å². The second kappa shape index (κ2) is 10.9. The van der Waals surface area contributed by atoms with Crippen molar-refractivity contribution >= 4 is 21.8 Å². The average molecular weight is 476 g/mol. The fourth-order valence-electron chi connectivity index (χ4n) is 3.83.